The fourth-order valence-electron chi connectivity index (χ4n) is 4.48. The molecule has 0 bridgehead atoms. The van der Waals surface area contributed by atoms with Gasteiger partial charge >= 0.3 is 5.97 Å². The lowest BCUT2D eigenvalue weighted by Crippen LogP contribution is -2.40. The molecule has 2 atom stereocenters. The predicted octanol–water partition coefficient (Wildman–Crippen LogP) is 5.04. The number of likely N-dealkylation sites (tertiary alicyclic amines) is 1. The van der Waals surface area contributed by atoms with Crippen LogP contribution in [0.5, 0.6) is 0 Å². The van der Waals surface area contributed by atoms with Crippen LogP contribution in [0.4, 0.5) is 0 Å². The molecule has 1 N–H and O–H groups in total. The van der Waals surface area contributed by atoms with Gasteiger partial charge in [-0.15, -0.1) is 0 Å². The van der Waals surface area contributed by atoms with E-state index in [1.165, 1.54) is 41.4 Å². The Hall–Kier alpha value is -2.40. The molecule has 1 heterocycles. The van der Waals surface area contributed by atoms with Crippen molar-refractivity contribution in [2.75, 3.05) is 13.2 Å². The number of carbonyl (C=O) groups excluding carboxylic acids is 2. The van der Waals surface area contributed by atoms with Gasteiger partial charge in [0, 0.05) is 19.0 Å². The van der Waals surface area contributed by atoms with E-state index < -0.39 is 18.1 Å². The summed E-state index contributed by atoms with van der Waals surface area (Å²) in [5, 5.41) is 9.91. The molecule has 1 fully saturated rings. The molecule has 0 aromatic carbocycles. The molecular weight excluding hydrogens is 402 g/mol. The maximum atomic E-state index is 12.7. The standard InChI is InChI=1S/C27H39NO4/c1-7-32-26(31)24-17-22(29)18-28(24)25(30)16-20(3)11-8-10-19(2)13-14-23-21(4)12-9-15-27(23,5)6/h8,10-11,13-14,16,22,24,29H,7,9,12,15,17-18H2,1-6H3. The monoisotopic (exact) mass is 441 g/mol. The van der Waals surface area contributed by atoms with Crippen LogP contribution < -0.4 is 0 Å². The van der Waals surface area contributed by atoms with Crippen molar-refractivity contribution in [2.45, 2.75) is 79.4 Å². The van der Waals surface area contributed by atoms with E-state index >= 15 is 0 Å². The topological polar surface area (TPSA) is 66.8 Å². The van der Waals surface area contributed by atoms with E-state index in [9.17, 15) is 14.7 Å². The van der Waals surface area contributed by atoms with E-state index in [2.05, 4.69) is 39.8 Å². The minimum Gasteiger partial charge on any atom is -0.464 e. The van der Waals surface area contributed by atoms with Crippen molar-refractivity contribution in [1.29, 1.82) is 0 Å². The Morgan fingerprint density at radius 2 is 1.94 bits per heavy atom. The Morgan fingerprint density at radius 3 is 2.59 bits per heavy atom. The van der Waals surface area contributed by atoms with Crippen molar-refractivity contribution in [3.63, 3.8) is 0 Å². The van der Waals surface area contributed by atoms with Crippen molar-refractivity contribution in [2.24, 2.45) is 5.41 Å². The summed E-state index contributed by atoms with van der Waals surface area (Å²) < 4.78 is 5.04. The number of aliphatic hydroxyl groups excluding tert-OH is 1. The summed E-state index contributed by atoms with van der Waals surface area (Å²) in [4.78, 5) is 26.1. The zero-order valence-corrected chi connectivity index (χ0v) is 20.5. The largest absolute Gasteiger partial charge is 0.464 e. The number of carbonyl (C=O) groups is 2. The van der Waals surface area contributed by atoms with Gasteiger partial charge in [0.1, 0.15) is 6.04 Å². The van der Waals surface area contributed by atoms with Gasteiger partial charge in [0.2, 0.25) is 5.91 Å². The van der Waals surface area contributed by atoms with E-state index in [1.54, 1.807) is 6.92 Å². The average molecular weight is 442 g/mol. The number of hydrogen-bond acceptors (Lipinski definition) is 4. The fourth-order valence-corrected chi connectivity index (χ4v) is 4.48. The number of rotatable bonds is 7. The Morgan fingerprint density at radius 1 is 1.22 bits per heavy atom. The van der Waals surface area contributed by atoms with Gasteiger partial charge in [-0.05, 0) is 63.5 Å². The first-order valence-corrected chi connectivity index (χ1v) is 11.6. The molecule has 0 aromatic rings. The van der Waals surface area contributed by atoms with E-state index in [-0.39, 0.29) is 30.9 Å². The molecule has 1 aliphatic carbocycles. The molecule has 0 aromatic heterocycles. The zero-order valence-electron chi connectivity index (χ0n) is 20.5. The molecule has 1 aliphatic heterocycles. The summed E-state index contributed by atoms with van der Waals surface area (Å²) in [7, 11) is 0. The number of amides is 1. The van der Waals surface area contributed by atoms with Crippen molar-refractivity contribution in [1.82, 2.24) is 4.90 Å². The normalized spacial score (nSPS) is 24.7. The molecule has 0 saturated carbocycles. The predicted molar refractivity (Wildman–Crippen MR) is 129 cm³/mol. The maximum Gasteiger partial charge on any atom is 0.328 e. The highest BCUT2D eigenvalue weighted by atomic mass is 16.5. The Kier molecular flexibility index (Phi) is 9.26. The first-order valence-electron chi connectivity index (χ1n) is 11.6. The molecular formula is C27H39NO4. The van der Waals surface area contributed by atoms with Crippen LogP contribution >= 0.6 is 0 Å². The first-order chi connectivity index (χ1) is 15.0. The van der Waals surface area contributed by atoms with Gasteiger partial charge in [-0.3, -0.25) is 4.79 Å². The molecule has 32 heavy (non-hydrogen) atoms. The average Bonchev–Trinajstić information content (AvgIpc) is 3.09. The van der Waals surface area contributed by atoms with Gasteiger partial charge in [0.05, 0.1) is 12.7 Å². The van der Waals surface area contributed by atoms with Crippen LogP contribution in [0.1, 0.15) is 67.2 Å². The van der Waals surface area contributed by atoms with Gasteiger partial charge in [0.15, 0.2) is 0 Å². The SMILES string of the molecule is CCOC(=O)C1CC(O)CN1C(=O)C=C(C)C=CC=C(C)C=CC1=C(C)CCCC1(C)C. The molecule has 2 aliphatic rings. The lowest BCUT2D eigenvalue weighted by Gasteiger charge is -2.32. The number of allylic oxidation sites excluding steroid dienone is 9. The van der Waals surface area contributed by atoms with Gasteiger partial charge < -0.3 is 14.7 Å². The molecule has 2 rings (SSSR count). The van der Waals surface area contributed by atoms with E-state index in [1.807, 2.05) is 25.2 Å². The van der Waals surface area contributed by atoms with Crippen LogP contribution in [0, 0.1) is 5.41 Å². The van der Waals surface area contributed by atoms with Gasteiger partial charge in [-0.2, -0.15) is 0 Å². The quantitative estimate of drug-likeness (QED) is 0.341. The zero-order chi connectivity index (χ0) is 23.9. The highest BCUT2D eigenvalue weighted by Crippen LogP contribution is 2.40. The highest BCUT2D eigenvalue weighted by molar-refractivity contribution is 5.93. The van der Waals surface area contributed by atoms with Crippen molar-refractivity contribution in [3.8, 4) is 0 Å². The van der Waals surface area contributed by atoms with E-state index in [0.29, 0.717) is 0 Å². The molecule has 5 heteroatoms. The summed E-state index contributed by atoms with van der Waals surface area (Å²) in [6.07, 6.45) is 14.9. The van der Waals surface area contributed by atoms with E-state index in [0.717, 1.165) is 11.1 Å². The lowest BCUT2D eigenvalue weighted by molar-refractivity contribution is -0.151. The van der Waals surface area contributed by atoms with E-state index in [4.69, 9.17) is 4.74 Å². The highest BCUT2D eigenvalue weighted by Gasteiger charge is 2.39. The van der Waals surface area contributed by atoms with Crippen LogP contribution in [-0.4, -0.2) is 47.2 Å². The van der Waals surface area contributed by atoms with Crippen molar-refractivity contribution < 1.29 is 19.4 Å². The minimum absolute atomic E-state index is 0.144. The maximum absolute atomic E-state index is 12.7. The number of β-amino-alcohol motifs (C(OH)–C–C–N with tert-alkyl or cyclic N) is 1. The molecule has 1 saturated heterocycles. The third-order valence-corrected chi connectivity index (χ3v) is 6.25. The Balaban J connectivity index is 2.02. The third kappa shape index (κ3) is 7.06. The molecule has 2 unspecified atom stereocenters. The van der Waals surface area contributed by atoms with Crippen LogP contribution in [0.2, 0.25) is 0 Å². The van der Waals surface area contributed by atoms with Crippen LogP contribution in [0.25, 0.3) is 0 Å². The van der Waals surface area contributed by atoms with Gasteiger partial charge in [0.25, 0.3) is 0 Å². The number of ether oxygens (including phenoxy) is 1. The van der Waals surface area contributed by atoms with Crippen molar-refractivity contribution >= 4 is 11.9 Å². The Bertz CT molecular complexity index is 857. The molecule has 176 valence electrons. The second-order valence-electron chi connectivity index (χ2n) is 9.57. The summed E-state index contributed by atoms with van der Waals surface area (Å²) in [5.74, 6) is -0.750. The van der Waals surface area contributed by atoms with Gasteiger partial charge in [-0.25, -0.2) is 4.79 Å². The molecule has 0 spiro atoms. The minimum atomic E-state index is -0.723. The number of hydrogen-bond donors (Lipinski definition) is 1. The van der Waals surface area contributed by atoms with Gasteiger partial charge in [-0.1, -0.05) is 55.4 Å². The number of esters is 1. The number of aliphatic hydroxyl groups is 1. The third-order valence-electron chi connectivity index (χ3n) is 6.25. The second kappa shape index (κ2) is 11.5. The lowest BCUT2D eigenvalue weighted by atomic mass is 9.72. The van der Waals surface area contributed by atoms with Crippen LogP contribution in [0.3, 0.4) is 0 Å². The number of nitrogens with zero attached hydrogens (tertiary/aromatic N) is 1. The summed E-state index contributed by atoms with van der Waals surface area (Å²) in [6.45, 7) is 12.9. The van der Waals surface area contributed by atoms with Crippen LogP contribution in [-0.2, 0) is 14.3 Å². The fraction of sp³-hybridized carbons (Fsp3) is 0.556. The second-order valence-corrected chi connectivity index (χ2v) is 9.57. The Labute approximate surface area is 193 Å². The summed E-state index contributed by atoms with van der Waals surface area (Å²) >= 11 is 0. The van der Waals surface area contributed by atoms with Crippen LogP contribution in [0.15, 0.2) is 58.7 Å². The summed E-state index contributed by atoms with van der Waals surface area (Å²) in [5.41, 5.74) is 5.04. The van der Waals surface area contributed by atoms with Crippen molar-refractivity contribution in [3.05, 3.63) is 58.7 Å². The first kappa shape index (κ1) is 25.9. The molecule has 0 radical (unpaired) electrons. The smallest absolute Gasteiger partial charge is 0.328 e. The summed E-state index contributed by atoms with van der Waals surface area (Å²) in [6, 6.07) is -0.723. The molecule has 5 nitrogen and oxygen atoms in total. The molecule has 1 amide bonds.